The van der Waals surface area contributed by atoms with Gasteiger partial charge in [0.2, 0.25) is 0 Å². The van der Waals surface area contributed by atoms with Gasteiger partial charge < -0.3 is 9.31 Å². The zero-order chi connectivity index (χ0) is 14.0. The molecule has 4 rings (SSSR count). The van der Waals surface area contributed by atoms with E-state index in [2.05, 4.69) is 34.6 Å². The van der Waals surface area contributed by atoms with Crippen molar-refractivity contribution in [2.24, 2.45) is 23.2 Å². The maximum atomic E-state index is 6.49. The summed E-state index contributed by atoms with van der Waals surface area (Å²) in [6.07, 6.45) is 3.64. The highest BCUT2D eigenvalue weighted by molar-refractivity contribution is 6.59. The number of halogens is 1. The average Bonchev–Trinajstić information content (AvgIpc) is 2.64. The van der Waals surface area contributed by atoms with Crippen molar-refractivity contribution >= 4 is 18.7 Å². The Bertz CT molecular complexity index is 373. The van der Waals surface area contributed by atoms with Gasteiger partial charge in [0.15, 0.2) is 0 Å². The van der Waals surface area contributed by atoms with Crippen LogP contribution in [0.5, 0.6) is 0 Å². The summed E-state index contributed by atoms with van der Waals surface area (Å²) in [5.74, 6) is 2.00. The Kier molecular flexibility index (Phi) is 3.28. The van der Waals surface area contributed by atoms with Gasteiger partial charge in [0.1, 0.15) is 0 Å². The van der Waals surface area contributed by atoms with Crippen molar-refractivity contribution in [3.05, 3.63) is 0 Å². The minimum absolute atomic E-state index is 0.0252. The maximum Gasteiger partial charge on any atom is 0.476 e. The third-order valence-corrected chi connectivity index (χ3v) is 6.34. The lowest BCUT2D eigenvalue weighted by Crippen LogP contribution is -2.65. The molecular weight excluding hydrogens is 258 g/mol. The summed E-state index contributed by atoms with van der Waals surface area (Å²) in [6.45, 7) is 11.4. The van der Waals surface area contributed by atoms with Crippen LogP contribution in [-0.2, 0) is 9.31 Å². The molecule has 4 fully saturated rings. The number of hydrogen-bond acceptors (Lipinski definition) is 2. The van der Waals surface area contributed by atoms with Gasteiger partial charge in [-0.2, -0.15) is 0 Å². The van der Waals surface area contributed by atoms with Gasteiger partial charge >= 0.3 is 7.12 Å². The first-order chi connectivity index (χ1) is 8.75. The summed E-state index contributed by atoms with van der Waals surface area (Å²) in [7, 11) is -0.214. The fourth-order valence-electron chi connectivity index (χ4n) is 4.61. The summed E-state index contributed by atoms with van der Waals surface area (Å²) >= 11 is 6.49. The topological polar surface area (TPSA) is 18.5 Å². The van der Waals surface area contributed by atoms with E-state index >= 15 is 0 Å². The van der Waals surface area contributed by atoms with Crippen LogP contribution in [0.15, 0.2) is 0 Å². The number of rotatable bonds is 3. The third-order valence-electron chi connectivity index (χ3n) is 5.96. The van der Waals surface area contributed by atoms with Gasteiger partial charge in [-0.15, -0.1) is 11.6 Å². The molecule has 3 aliphatic carbocycles. The largest absolute Gasteiger partial charge is 0.476 e. The van der Waals surface area contributed by atoms with Crippen molar-refractivity contribution < 1.29 is 9.31 Å². The van der Waals surface area contributed by atoms with Crippen LogP contribution in [0.1, 0.15) is 53.9 Å². The van der Waals surface area contributed by atoms with Crippen LogP contribution in [0, 0.1) is 23.2 Å². The van der Waals surface area contributed by atoms with Crippen LogP contribution in [0.4, 0.5) is 0 Å². The molecule has 0 aromatic carbocycles. The Balaban J connectivity index is 1.74. The minimum atomic E-state index is -0.214. The molecule has 1 unspecified atom stereocenters. The first-order valence-electron chi connectivity index (χ1n) is 7.72. The van der Waals surface area contributed by atoms with Crippen molar-refractivity contribution in [2.75, 3.05) is 0 Å². The molecular formula is C15H26BClO2. The summed E-state index contributed by atoms with van der Waals surface area (Å²) in [4.78, 5) is 0. The summed E-state index contributed by atoms with van der Waals surface area (Å²) in [5, 5.41) is -0.0252. The molecule has 0 spiro atoms. The van der Waals surface area contributed by atoms with E-state index in [1.807, 2.05) is 0 Å². The normalized spacial score (nSPS) is 45.0. The minimum Gasteiger partial charge on any atom is -0.404 e. The van der Waals surface area contributed by atoms with Gasteiger partial charge in [-0.3, -0.25) is 0 Å². The Morgan fingerprint density at radius 3 is 2.53 bits per heavy atom. The third kappa shape index (κ3) is 1.99. The second-order valence-electron chi connectivity index (χ2n) is 7.98. The molecule has 2 bridgehead atoms. The van der Waals surface area contributed by atoms with E-state index in [1.165, 1.54) is 6.42 Å². The van der Waals surface area contributed by atoms with E-state index < -0.39 is 0 Å². The summed E-state index contributed by atoms with van der Waals surface area (Å²) < 4.78 is 12.5. The lowest BCUT2D eigenvalue weighted by molar-refractivity contribution is -0.199. The first kappa shape index (κ1) is 14.2. The zero-order valence-electron chi connectivity index (χ0n) is 12.8. The maximum absolute atomic E-state index is 6.49. The molecule has 4 aliphatic rings. The lowest BCUT2D eigenvalue weighted by atomic mass is 9.43. The number of alkyl halides is 1. The second-order valence-corrected chi connectivity index (χ2v) is 8.54. The van der Waals surface area contributed by atoms with E-state index in [4.69, 9.17) is 20.9 Å². The van der Waals surface area contributed by atoms with Gasteiger partial charge in [0.05, 0.1) is 17.0 Å². The van der Waals surface area contributed by atoms with Crippen LogP contribution >= 0.6 is 11.6 Å². The van der Waals surface area contributed by atoms with E-state index in [9.17, 15) is 0 Å². The van der Waals surface area contributed by atoms with E-state index in [0.717, 1.165) is 18.8 Å². The van der Waals surface area contributed by atoms with Gasteiger partial charge in [-0.25, -0.2) is 0 Å². The van der Waals surface area contributed by atoms with Crippen molar-refractivity contribution in [1.29, 1.82) is 0 Å². The molecule has 5 atom stereocenters. The Hall–Kier alpha value is 0.275. The van der Waals surface area contributed by atoms with Crippen molar-refractivity contribution in [2.45, 2.75) is 70.9 Å². The highest BCUT2D eigenvalue weighted by Gasteiger charge is 2.68. The predicted octanol–water partition coefficient (Wildman–Crippen LogP) is 3.91. The second kappa shape index (κ2) is 4.38. The summed E-state index contributed by atoms with van der Waals surface area (Å²) in [6, 6.07) is 0. The van der Waals surface area contributed by atoms with Gasteiger partial charge in [-0.05, 0) is 49.4 Å². The molecule has 0 aromatic rings. The van der Waals surface area contributed by atoms with Crippen LogP contribution in [-0.4, -0.2) is 24.1 Å². The Labute approximate surface area is 122 Å². The first-order valence-corrected chi connectivity index (χ1v) is 8.16. The van der Waals surface area contributed by atoms with Gasteiger partial charge in [0, 0.05) is 0 Å². The van der Waals surface area contributed by atoms with Gasteiger partial charge in [0.25, 0.3) is 0 Å². The SMILES string of the molecule is CC(C)C[C@@H](Cl)B1O[C@@H]2CC3C[C@@H](C3(C)C)[C@]2(C)O1. The molecule has 0 amide bonds. The van der Waals surface area contributed by atoms with Crippen LogP contribution in [0.2, 0.25) is 0 Å². The fourth-order valence-corrected chi connectivity index (χ4v) is 5.08. The molecule has 19 heavy (non-hydrogen) atoms. The average molecular weight is 285 g/mol. The highest BCUT2D eigenvalue weighted by Crippen LogP contribution is 2.65. The van der Waals surface area contributed by atoms with Gasteiger partial charge in [-0.1, -0.05) is 27.7 Å². The Morgan fingerprint density at radius 1 is 1.26 bits per heavy atom. The molecule has 1 saturated heterocycles. The fraction of sp³-hybridized carbons (Fsp3) is 1.00. The molecule has 2 nitrogen and oxygen atoms in total. The molecule has 0 radical (unpaired) electrons. The van der Waals surface area contributed by atoms with E-state index in [0.29, 0.717) is 17.3 Å². The van der Waals surface area contributed by atoms with Crippen molar-refractivity contribution in [3.63, 3.8) is 0 Å². The zero-order valence-corrected chi connectivity index (χ0v) is 13.5. The van der Waals surface area contributed by atoms with Crippen LogP contribution < -0.4 is 0 Å². The standard InChI is InChI=1S/C15H26BClO2/c1-9(2)6-13(17)16-18-12-8-10-7-11(14(10,3)4)15(12,5)19-16/h9-13H,6-8H2,1-5H3/t10?,11-,12+,13+,15-/m0/s1. The Morgan fingerprint density at radius 2 is 1.95 bits per heavy atom. The predicted molar refractivity (Wildman–Crippen MR) is 79.2 cm³/mol. The molecule has 3 saturated carbocycles. The monoisotopic (exact) mass is 284 g/mol. The smallest absolute Gasteiger partial charge is 0.404 e. The molecule has 108 valence electrons. The summed E-state index contributed by atoms with van der Waals surface area (Å²) in [5.41, 5.74) is 0.288. The van der Waals surface area contributed by atoms with Crippen molar-refractivity contribution in [1.82, 2.24) is 0 Å². The molecule has 0 N–H and O–H groups in total. The van der Waals surface area contributed by atoms with E-state index in [1.54, 1.807) is 0 Å². The van der Waals surface area contributed by atoms with Crippen molar-refractivity contribution in [3.8, 4) is 0 Å². The molecule has 1 aliphatic heterocycles. The molecule has 0 aromatic heterocycles. The molecule has 1 heterocycles. The van der Waals surface area contributed by atoms with Crippen LogP contribution in [0.3, 0.4) is 0 Å². The highest BCUT2D eigenvalue weighted by atomic mass is 35.5. The lowest BCUT2D eigenvalue weighted by Gasteiger charge is -2.64. The molecule has 4 heteroatoms. The van der Waals surface area contributed by atoms with E-state index in [-0.39, 0.29) is 24.1 Å². The number of hydrogen-bond donors (Lipinski definition) is 0. The van der Waals surface area contributed by atoms with Crippen LogP contribution in [0.25, 0.3) is 0 Å². The quantitative estimate of drug-likeness (QED) is 0.578.